The summed E-state index contributed by atoms with van der Waals surface area (Å²) < 4.78 is 5.90. The van der Waals surface area contributed by atoms with Crippen molar-refractivity contribution in [2.24, 2.45) is 0 Å². The van der Waals surface area contributed by atoms with Gasteiger partial charge in [0.2, 0.25) is 0 Å². The van der Waals surface area contributed by atoms with E-state index in [0.29, 0.717) is 4.64 Å². The summed E-state index contributed by atoms with van der Waals surface area (Å²) in [4.78, 5) is 18.0. The Hall–Kier alpha value is -0.470. The van der Waals surface area contributed by atoms with E-state index in [0.717, 1.165) is 39.0 Å². The van der Waals surface area contributed by atoms with Crippen molar-refractivity contribution < 1.29 is 44.2 Å². The maximum absolute atomic E-state index is 9.00. The van der Waals surface area contributed by atoms with Gasteiger partial charge in [0.1, 0.15) is 0 Å². The van der Waals surface area contributed by atoms with Crippen LogP contribution in [0.25, 0.3) is 0 Å². The van der Waals surface area contributed by atoms with Crippen molar-refractivity contribution in [2.45, 2.75) is 6.92 Å². The SMILES string of the molecule is CC(=O)O.S=c1cc(N2CCOCC2)n[c-][nH]1.[Na+]. The Bertz CT molecular complexity index is 417. The summed E-state index contributed by atoms with van der Waals surface area (Å²) in [5.74, 6) is 0.0482. The molecule has 2 rings (SSSR count). The van der Waals surface area contributed by atoms with Crippen LogP contribution in [0.5, 0.6) is 0 Å². The predicted molar refractivity (Wildman–Crippen MR) is 64.6 cm³/mol. The molecule has 0 bridgehead atoms. The number of hydrogen-bond acceptors (Lipinski definition) is 5. The van der Waals surface area contributed by atoms with Gasteiger partial charge in [-0.05, 0) is 4.64 Å². The standard InChI is InChI=1S/C8H10N3OS.C2H4O2.Na/c13-8-5-7(9-6-10-8)11-1-3-12-4-2-11;1-2(3)4;/h5H,1-4H2,(H,9,10,13);1H3,(H,3,4);/q-1;;+1. The Kier molecular flexibility index (Phi) is 9.21. The van der Waals surface area contributed by atoms with Crippen molar-refractivity contribution in [1.82, 2.24) is 9.97 Å². The summed E-state index contributed by atoms with van der Waals surface area (Å²) in [6.07, 6.45) is 2.66. The van der Waals surface area contributed by atoms with Crippen LogP contribution in [0.2, 0.25) is 0 Å². The van der Waals surface area contributed by atoms with E-state index in [2.05, 4.69) is 21.2 Å². The van der Waals surface area contributed by atoms with E-state index in [1.807, 2.05) is 6.07 Å². The quantitative estimate of drug-likeness (QED) is 0.347. The second-order valence-corrected chi connectivity index (χ2v) is 3.77. The third-order valence-electron chi connectivity index (χ3n) is 1.94. The molecular formula is C10H14N3NaO3S. The Balaban J connectivity index is 0.000000512. The van der Waals surface area contributed by atoms with E-state index < -0.39 is 5.97 Å². The fourth-order valence-corrected chi connectivity index (χ4v) is 1.43. The predicted octanol–water partition coefficient (Wildman–Crippen LogP) is -2.13. The van der Waals surface area contributed by atoms with Crippen molar-refractivity contribution in [3.63, 3.8) is 0 Å². The van der Waals surface area contributed by atoms with Gasteiger partial charge < -0.3 is 24.7 Å². The fourth-order valence-electron chi connectivity index (χ4n) is 1.28. The van der Waals surface area contributed by atoms with Crippen LogP contribution in [-0.4, -0.2) is 47.3 Å². The average molecular weight is 279 g/mol. The minimum Gasteiger partial charge on any atom is -0.481 e. The minimum absolute atomic E-state index is 0. The number of carbonyl (C=O) groups is 1. The molecule has 6 nitrogen and oxygen atoms in total. The van der Waals surface area contributed by atoms with Crippen LogP contribution in [0.4, 0.5) is 5.82 Å². The van der Waals surface area contributed by atoms with Crippen LogP contribution in [0.15, 0.2) is 6.07 Å². The summed E-state index contributed by atoms with van der Waals surface area (Å²) in [5.41, 5.74) is 0. The molecule has 8 heteroatoms. The maximum atomic E-state index is 9.00. The molecule has 0 aromatic carbocycles. The normalized spacial score (nSPS) is 13.9. The summed E-state index contributed by atoms with van der Waals surface area (Å²) >= 11 is 4.98. The minimum atomic E-state index is -0.833. The number of aliphatic carboxylic acids is 1. The first-order valence-corrected chi connectivity index (χ1v) is 5.50. The van der Waals surface area contributed by atoms with Gasteiger partial charge >= 0.3 is 29.6 Å². The molecule has 18 heavy (non-hydrogen) atoms. The molecule has 1 aromatic heterocycles. The van der Waals surface area contributed by atoms with Crippen LogP contribution < -0.4 is 34.5 Å². The summed E-state index contributed by atoms with van der Waals surface area (Å²) in [6, 6.07) is 1.84. The molecule has 0 aliphatic carbocycles. The molecule has 1 aliphatic rings. The van der Waals surface area contributed by atoms with Gasteiger partial charge in [-0.25, -0.2) is 0 Å². The van der Waals surface area contributed by atoms with Crippen molar-refractivity contribution in [2.75, 3.05) is 31.2 Å². The van der Waals surface area contributed by atoms with Gasteiger partial charge in [-0.1, -0.05) is 6.07 Å². The average Bonchev–Trinajstić information content (AvgIpc) is 2.29. The molecule has 0 radical (unpaired) electrons. The van der Waals surface area contributed by atoms with Crippen molar-refractivity contribution in [1.29, 1.82) is 0 Å². The van der Waals surface area contributed by atoms with Gasteiger partial charge in [0.25, 0.3) is 5.97 Å². The molecular weight excluding hydrogens is 265 g/mol. The fraction of sp³-hybridized carbons (Fsp3) is 0.500. The summed E-state index contributed by atoms with van der Waals surface area (Å²) in [6.45, 7) is 4.35. The Morgan fingerprint density at radius 2 is 2.17 bits per heavy atom. The van der Waals surface area contributed by atoms with Gasteiger partial charge in [0.05, 0.1) is 13.2 Å². The molecule has 2 heterocycles. The molecule has 1 fully saturated rings. The van der Waals surface area contributed by atoms with Crippen molar-refractivity contribution in [3.8, 4) is 0 Å². The number of ether oxygens (including phenoxy) is 1. The molecule has 0 saturated carbocycles. The number of morpholine rings is 1. The number of aromatic amines is 1. The molecule has 94 valence electrons. The number of carboxylic acids is 1. The van der Waals surface area contributed by atoms with Crippen molar-refractivity contribution >= 4 is 24.0 Å². The van der Waals surface area contributed by atoms with Gasteiger partial charge in [0.15, 0.2) is 0 Å². The number of nitrogens with zero attached hydrogens (tertiary/aromatic N) is 2. The van der Waals surface area contributed by atoms with E-state index in [-0.39, 0.29) is 29.6 Å². The molecule has 0 spiro atoms. The Morgan fingerprint density at radius 3 is 2.67 bits per heavy atom. The monoisotopic (exact) mass is 279 g/mol. The zero-order valence-corrected chi connectivity index (χ0v) is 13.3. The molecule has 0 unspecified atom stereocenters. The Morgan fingerprint density at radius 1 is 1.61 bits per heavy atom. The zero-order valence-electron chi connectivity index (χ0n) is 10.5. The third kappa shape index (κ3) is 7.07. The second-order valence-electron chi connectivity index (χ2n) is 3.33. The molecule has 0 amide bonds. The van der Waals surface area contributed by atoms with Crippen LogP contribution in [0.1, 0.15) is 6.92 Å². The topological polar surface area (TPSA) is 78.4 Å². The summed E-state index contributed by atoms with van der Waals surface area (Å²) in [7, 11) is 0. The number of hydrogen-bond donors (Lipinski definition) is 2. The van der Waals surface area contributed by atoms with Gasteiger partial charge in [-0.3, -0.25) is 4.79 Å². The number of H-pyrrole nitrogens is 1. The third-order valence-corrected chi connectivity index (χ3v) is 2.16. The Labute approximate surface area is 133 Å². The second kappa shape index (κ2) is 9.46. The number of aromatic nitrogens is 2. The molecule has 0 atom stereocenters. The zero-order chi connectivity index (χ0) is 12.7. The van der Waals surface area contributed by atoms with E-state index in [9.17, 15) is 0 Å². The smallest absolute Gasteiger partial charge is 0.481 e. The number of carboxylic acid groups (broad SMARTS) is 1. The van der Waals surface area contributed by atoms with Gasteiger partial charge in [-0.15, -0.1) is 12.2 Å². The van der Waals surface area contributed by atoms with E-state index in [1.54, 1.807) is 0 Å². The number of anilines is 1. The first-order chi connectivity index (χ1) is 8.09. The number of rotatable bonds is 1. The molecule has 1 aromatic rings. The van der Waals surface area contributed by atoms with Crippen LogP contribution in [0, 0.1) is 11.0 Å². The number of nitrogens with one attached hydrogen (secondary N) is 1. The largest absolute Gasteiger partial charge is 1.00 e. The van der Waals surface area contributed by atoms with Crippen LogP contribution >= 0.6 is 12.2 Å². The summed E-state index contributed by atoms with van der Waals surface area (Å²) in [5, 5.41) is 7.42. The first-order valence-electron chi connectivity index (χ1n) is 5.09. The van der Waals surface area contributed by atoms with Gasteiger partial charge in [-0.2, -0.15) is 0 Å². The van der Waals surface area contributed by atoms with Crippen molar-refractivity contribution in [3.05, 3.63) is 17.0 Å². The van der Waals surface area contributed by atoms with Gasteiger partial charge in [0, 0.05) is 32.2 Å². The molecule has 1 saturated heterocycles. The van der Waals surface area contributed by atoms with Crippen LogP contribution in [-0.2, 0) is 9.53 Å². The van der Waals surface area contributed by atoms with E-state index in [1.165, 1.54) is 0 Å². The molecule has 2 N–H and O–H groups in total. The van der Waals surface area contributed by atoms with E-state index in [4.69, 9.17) is 26.9 Å². The van der Waals surface area contributed by atoms with Crippen LogP contribution in [0.3, 0.4) is 0 Å². The maximum Gasteiger partial charge on any atom is 1.00 e. The first kappa shape index (κ1) is 17.5. The van der Waals surface area contributed by atoms with E-state index >= 15 is 0 Å². The molecule has 1 aliphatic heterocycles.